The van der Waals surface area contributed by atoms with E-state index in [0.29, 0.717) is 101 Å². The molecule has 0 spiro atoms. The summed E-state index contributed by atoms with van der Waals surface area (Å²) in [7, 11) is 0. The van der Waals surface area contributed by atoms with E-state index in [4.69, 9.17) is 58.3 Å². The van der Waals surface area contributed by atoms with Crippen molar-refractivity contribution in [2.24, 2.45) is 5.41 Å². The standard InChI is InChI=1S/C103H116N8O8/c1-51(2)63-33-27-34-64(52(3)4)87(63)114-81-45-75-76(46-82(81)115-88-65(53(5)6)35-28-36-66(88)54(7)8)96-104-95(75)105-97-77-47-83(116-89-67(55(9)10)37-29-38-68(89)56(11)12)85(118-91-71(59(17)18)41-31-42-72(91)60(19)20)49-79(77)99(107-97)109-101-93(112)103(25,26)94(113)102(111-101)110-100-80-50-86(119-92-73(61(21)22)43-32-44-74(92)62(23)24)84(48-78(80)98(106-96)108-100)117-90-69(57(13)14)39-30-40-70(90)58(15)16/h27-62H,1-26H3,(H2,104,105,106,107,108,109,110,111,112,113). The minimum Gasteiger partial charge on any atom is -0.453 e. The Morgan fingerprint density at radius 3 is 0.824 bits per heavy atom. The van der Waals surface area contributed by atoms with Gasteiger partial charge >= 0.3 is 0 Å². The number of carbonyl (C=O) groups is 2. The predicted molar refractivity (Wildman–Crippen MR) is 480 cm³/mol. The molecular weight excluding hydrogens is 1480 g/mol. The van der Waals surface area contributed by atoms with Crippen LogP contribution in [0.15, 0.2) is 146 Å². The first kappa shape index (κ1) is 84.0. The fraction of sp³-hybridized carbons (Fsp3) is 0.379. The van der Waals surface area contributed by atoms with Crippen LogP contribution in [-0.4, -0.2) is 41.5 Å². The molecule has 0 saturated carbocycles. The Morgan fingerprint density at radius 2 is 0.538 bits per heavy atom. The van der Waals surface area contributed by atoms with Gasteiger partial charge in [0.2, 0.25) is 17.4 Å². The normalized spacial score (nSPS) is 13.1. The van der Waals surface area contributed by atoms with Gasteiger partial charge in [-0.1, -0.05) is 275 Å². The van der Waals surface area contributed by atoms with Gasteiger partial charge in [-0.15, -0.1) is 0 Å². The van der Waals surface area contributed by atoms with E-state index >= 15 is 9.59 Å². The summed E-state index contributed by atoms with van der Waals surface area (Å²) in [5.41, 5.74) is 12.5. The maximum absolute atomic E-state index is 15.5. The number of fused-ring (bicyclic) bond motifs is 17. The van der Waals surface area contributed by atoms with Crippen molar-refractivity contribution in [1.82, 2.24) is 34.9 Å². The topological polar surface area (TPSA) is 198 Å². The molecule has 9 aromatic carbocycles. The molecule has 0 unspecified atom stereocenters. The first-order valence-corrected chi connectivity index (χ1v) is 42.8. The van der Waals surface area contributed by atoms with Crippen molar-refractivity contribution in [3.8, 4) is 91.8 Å². The van der Waals surface area contributed by atoms with Gasteiger partial charge in [-0.3, -0.25) is 9.59 Å². The lowest BCUT2D eigenvalue weighted by Gasteiger charge is -2.24. The summed E-state index contributed by atoms with van der Waals surface area (Å²) in [5, 5.41) is 2.19. The molecule has 0 saturated heterocycles. The highest BCUT2D eigenvalue weighted by Gasteiger charge is 2.44. The number of H-pyrrole nitrogens is 2. The van der Waals surface area contributed by atoms with E-state index in [9.17, 15) is 0 Å². The van der Waals surface area contributed by atoms with Crippen molar-refractivity contribution >= 4 is 55.7 Å². The molecule has 8 bridgehead atoms. The number of aromatic nitrogens is 8. The maximum Gasteiger partial charge on any atom is 0.213 e. The van der Waals surface area contributed by atoms with Crippen LogP contribution in [0.25, 0.3) is 66.9 Å². The van der Waals surface area contributed by atoms with Crippen molar-refractivity contribution in [3.05, 3.63) is 224 Å². The Hall–Kier alpha value is -11.5. The average molecular weight is 1590 g/mol. The predicted octanol–water partition coefficient (Wildman–Crippen LogP) is 28.9. The number of rotatable bonds is 24. The van der Waals surface area contributed by atoms with Crippen molar-refractivity contribution < 1.29 is 43.0 Å². The number of aromatic amines is 2. The second kappa shape index (κ2) is 33.3. The quantitative estimate of drug-likeness (QED) is 0.0561. The van der Waals surface area contributed by atoms with Crippen LogP contribution in [0.2, 0.25) is 0 Å². The SMILES string of the molecule is CC(C)c1cccc(C(C)C)c1Oc1cc2c(cc1Oc1c(C(C)C)cccc1C(C)C)-c1nc-2nc2nc([nH+]c3[n-]c(nc4[nH]c(n1)c1cc(Oc5c(C(C)C)cccc5C(C)C)c(Oc5c(C(C)C)cccc5C(C)C)cc41)c1cc(Oc4c(C(C)C)cccc4C(C)C)c(Oc4c(C(C)C)cccc4C(C)C)cc31)C(=O)C(C)(C)C2=O. The molecule has 119 heavy (non-hydrogen) atoms. The number of hydrogen-bond acceptors (Lipinski definition) is 13. The van der Waals surface area contributed by atoms with Crippen LogP contribution in [0, 0.1) is 5.41 Å². The van der Waals surface area contributed by atoms with Gasteiger partial charge in [0.05, 0.1) is 5.41 Å². The average Bonchev–Trinajstić information content (AvgIpc) is 1.62. The Morgan fingerprint density at radius 1 is 0.294 bits per heavy atom. The number of Topliss-reactive ketones (excluding diaryl/α,β-unsaturated/α-hetero) is 2. The van der Waals surface area contributed by atoms with Crippen molar-refractivity contribution in [1.29, 1.82) is 0 Å². The number of carbonyl (C=O) groups excluding carboxylic acids is 2. The molecule has 16 nitrogen and oxygen atoms in total. The lowest BCUT2D eigenvalue weighted by atomic mass is 9.81. The molecule has 0 amide bonds. The molecule has 14 rings (SSSR count). The Balaban J connectivity index is 1.18. The Bertz CT molecular complexity index is 5990. The third-order valence-electron chi connectivity index (χ3n) is 23.3. The number of hydrogen-bond donors (Lipinski definition) is 1. The number of ketones is 2. The van der Waals surface area contributed by atoms with Crippen molar-refractivity contribution in [3.63, 3.8) is 0 Å². The van der Waals surface area contributed by atoms with E-state index in [2.05, 4.69) is 285 Å². The Labute approximate surface area is 701 Å². The lowest BCUT2D eigenvalue weighted by Crippen LogP contribution is -2.42. The minimum absolute atomic E-state index is 0.0614. The summed E-state index contributed by atoms with van der Waals surface area (Å²) in [4.78, 5) is 70.9. The molecule has 2 N–H and O–H groups in total. The van der Waals surface area contributed by atoms with E-state index < -0.39 is 17.0 Å². The molecule has 0 atom stereocenters. The summed E-state index contributed by atoms with van der Waals surface area (Å²) in [6.07, 6.45) is 0. The first-order valence-electron chi connectivity index (χ1n) is 42.8. The van der Waals surface area contributed by atoms with Gasteiger partial charge in [0.15, 0.2) is 57.6 Å². The zero-order valence-corrected chi connectivity index (χ0v) is 74.2. The van der Waals surface area contributed by atoms with Gasteiger partial charge in [-0.25, -0.2) is 29.9 Å². The Kier molecular flexibility index (Phi) is 23.5. The van der Waals surface area contributed by atoms with Crippen LogP contribution in [-0.2, 0) is 0 Å². The van der Waals surface area contributed by atoms with Crippen LogP contribution in [0.5, 0.6) is 69.0 Å². The van der Waals surface area contributed by atoms with E-state index in [1.807, 2.05) is 36.4 Å². The molecule has 0 radical (unpaired) electrons. The molecule has 16 heteroatoms. The lowest BCUT2D eigenvalue weighted by molar-refractivity contribution is -0.356. The number of para-hydroxylation sites is 6. The van der Waals surface area contributed by atoms with E-state index in [-0.39, 0.29) is 106 Å². The highest BCUT2D eigenvalue weighted by Crippen LogP contribution is 2.53. The zero-order valence-electron chi connectivity index (χ0n) is 74.2. The van der Waals surface area contributed by atoms with Crippen LogP contribution in [0.4, 0.5) is 0 Å². The minimum atomic E-state index is -1.71. The molecule has 3 aromatic heterocycles. The van der Waals surface area contributed by atoms with Crippen LogP contribution in [0.1, 0.15) is 339 Å². The largest absolute Gasteiger partial charge is 0.453 e. The smallest absolute Gasteiger partial charge is 0.213 e. The number of nitrogens with zero attached hydrogens (tertiary/aromatic N) is 6. The number of nitrogens with one attached hydrogen (secondary N) is 2. The van der Waals surface area contributed by atoms with Crippen LogP contribution >= 0.6 is 0 Å². The first-order chi connectivity index (χ1) is 56.5. The van der Waals surface area contributed by atoms with Crippen molar-refractivity contribution in [2.45, 2.75) is 251 Å². The fourth-order valence-electron chi connectivity index (χ4n) is 16.3. The second-order valence-electron chi connectivity index (χ2n) is 36.5. The maximum atomic E-state index is 15.5. The molecular formula is C103H116N8O8. The summed E-state index contributed by atoms with van der Waals surface area (Å²) >= 11 is 0. The van der Waals surface area contributed by atoms with E-state index in [0.717, 1.165) is 78.3 Å². The summed E-state index contributed by atoms with van der Waals surface area (Å²) in [5.74, 6) is 6.03. The third-order valence-corrected chi connectivity index (χ3v) is 23.3. The highest BCUT2D eigenvalue weighted by atomic mass is 16.5. The van der Waals surface area contributed by atoms with E-state index in [1.165, 1.54) is 0 Å². The molecule has 12 aromatic rings. The molecule has 0 aliphatic carbocycles. The van der Waals surface area contributed by atoms with Crippen LogP contribution < -0.4 is 38.4 Å². The molecule has 616 valence electrons. The van der Waals surface area contributed by atoms with E-state index in [1.54, 1.807) is 13.8 Å². The number of benzene rings is 9. The van der Waals surface area contributed by atoms with Gasteiger partial charge in [-0.05, 0) is 188 Å². The van der Waals surface area contributed by atoms with Gasteiger partial charge in [-0.2, -0.15) is 0 Å². The third kappa shape index (κ3) is 16.1. The van der Waals surface area contributed by atoms with Gasteiger partial charge in [0, 0.05) is 32.7 Å². The summed E-state index contributed by atoms with van der Waals surface area (Å²) in [6, 6.07) is 49.7. The second-order valence-corrected chi connectivity index (χ2v) is 36.5. The zero-order chi connectivity index (χ0) is 85.4. The van der Waals surface area contributed by atoms with Gasteiger partial charge in [0.25, 0.3) is 0 Å². The molecule has 2 aliphatic heterocycles. The summed E-state index contributed by atoms with van der Waals surface area (Å²) in [6.45, 7) is 55.3. The number of ether oxygens (including phenoxy) is 6. The fourth-order valence-corrected chi connectivity index (χ4v) is 16.3. The molecule has 5 heterocycles. The van der Waals surface area contributed by atoms with Gasteiger partial charge in [0.1, 0.15) is 51.4 Å². The summed E-state index contributed by atoms with van der Waals surface area (Å²) < 4.78 is 45.3. The molecule has 0 fully saturated rings. The highest BCUT2D eigenvalue weighted by molar-refractivity contribution is 6.19. The molecule has 2 aliphatic rings. The van der Waals surface area contributed by atoms with Crippen LogP contribution in [0.3, 0.4) is 0 Å². The van der Waals surface area contributed by atoms with Gasteiger partial charge < -0.3 is 38.4 Å². The van der Waals surface area contributed by atoms with Crippen molar-refractivity contribution in [2.75, 3.05) is 0 Å². The monoisotopic (exact) mass is 1590 g/mol.